The van der Waals surface area contributed by atoms with E-state index in [1.807, 2.05) is 13.8 Å². The highest BCUT2D eigenvalue weighted by molar-refractivity contribution is 5.82. The summed E-state index contributed by atoms with van der Waals surface area (Å²) in [5.41, 5.74) is 2.36. The summed E-state index contributed by atoms with van der Waals surface area (Å²) in [6.45, 7) is 4.65. The van der Waals surface area contributed by atoms with Gasteiger partial charge in [-0.25, -0.2) is 10.3 Å². The highest BCUT2D eigenvalue weighted by Crippen LogP contribution is 2.17. The molecule has 1 aliphatic rings. The standard InChI is InChI=1S/C14H25NO5/c1-10(2)8-11(14(17)18-3)9-12(16)15-20-13-6-4-5-7-19-13/h10-11,13H,4-9H2,1-3H3,(H,15,16)/t11-,13?/m1/s1. The molecule has 0 radical (unpaired) electrons. The van der Waals surface area contributed by atoms with Crippen molar-refractivity contribution in [3.8, 4) is 0 Å². The lowest BCUT2D eigenvalue weighted by atomic mass is 9.94. The highest BCUT2D eigenvalue weighted by atomic mass is 16.8. The number of esters is 1. The van der Waals surface area contributed by atoms with Crippen molar-refractivity contribution in [3.05, 3.63) is 0 Å². The minimum atomic E-state index is -0.434. The van der Waals surface area contributed by atoms with Crippen LogP contribution in [0.3, 0.4) is 0 Å². The lowest BCUT2D eigenvalue weighted by Crippen LogP contribution is -2.35. The predicted octanol–water partition coefficient (Wildman–Crippen LogP) is 1.79. The minimum absolute atomic E-state index is 0.0670. The Morgan fingerprint density at radius 1 is 1.35 bits per heavy atom. The van der Waals surface area contributed by atoms with E-state index in [4.69, 9.17) is 14.3 Å². The van der Waals surface area contributed by atoms with E-state index >= 15 is 0 Å². The van der Waals surface area contributed by atoms with Crippen LogP contribution in [0, 0.1) is 11.8 Å². The molecule has 20 heavy (non-hydrogen) atoms. The summed E-state index contributed by atoms with van der Waals surface area (Å²) in [7, 11) is 1.33. The lowest BCUT2D eigenvalue weighted by Gasteiger charge is -2.22. The van der Waals surface area contributed by atoms with Crippen LogP contribution in [-0.4, -0.2) is 31.9 Å². The lowest BCUT2D eigenvalue weighted by molar-refractivity contribution is -0.201. The van der Waals surface area contributed by atoms with E-state index in [0.717, 1.165) is 19.3 Å². The normalized spacial score (nSPS) is 20.5. The first-order chi connectivity index (χ1) is 9.52. The maximum Gasteiger partial charge on any atom is 0.309 e. The van der Waals surface area contributed by atoms with Gasteiger partial charge in [0.1, 0.15) is 0 Å². The number of carbonyl (C=O) groups excluding carboxylic acids is 2. The summed E-state index contributed by atoms with van der Waals surface area (Å²) in [6.07, 6.45) is 3.12. The molecule has 2 atom stereocenters. The number of carbonyl (C=O) groups is 2. The smallest absolute Gasteiger partial charge is 0.309 e. The van der Waals surface area contributed by atoms with Gasteiger partial charge >= 0.3 is 5.97 Å². The maximum absolute atomic E-state index is 11.8. The second-order valence-electron chi connectivity index (χ2n) is 5.49. The second kappa shape index (κ2) is 8.92. The Labute approximate surface area is 120 Å². The first-order valence-corrected chi connectivity index (χ1v) is 7.16. The van der Waals surface area contributed by atoms with Gasteiger partial charge in [-0.05, 0) is 25.2 Å². The molecule has 0 spiro atoms. The molecule has 0 saturated carbocycles. The van der Waals surface area contributed by atoms with Gasteiger partial charge in [0, 0.05) is 19.4 Å². The van der Waals surface area contributed by atoms with Gasteiger partial charge in [-0.15, -0.1) is 0 Å². The van der Waals surface area contributed by atoms with Crippen molar-refractivity contribution >= 4 is 11.9 Å². The van der Waals surface area contributed by atoms with Crippen LogP contribution in [-0.2, 0) is 23.9 Å². The van der Waals surface area contributed by atoms with Gasteiger partial charge in [0.25, 0.3) is 0 Å². The Morgan fingerprint density at radius 3 is 2.65 bits per heavy atom. The maximum atomic E-state index is 11.8. The molecule has 0 bridgehead atoms. The Morgan fingerprint density at radius 2 is 2.10 bits per heavy atom. The third kappa shape index (κ3) is 6.34. The summed E-state index contributed by atoms with van der Waals surface area (Å²) < 4.78 is 10.1. The van der Waals surface area contributed by atoms with E-state index in [-0.39, 0.29) is 24.6 Å². The van der Waals surface area contributed by atoms with Crippen molar-refractivity contribution in [3.63, 3.8) is 0 Å². The fourth-order valence-corrected chi connectivity index (χ4v) is 2.20. The van der Waals surface area contributed by atoms with Crippen LogP contribution in [0.1, 0.15) is 46.0 Å². The largest absolute Gasteiger partial charge is 0.469 e. The first kappa shape index (κ1) is 16.9. The Hall–Kier alpha value is -1.14. The molecule has 1 unspecified atom stereocenters. The fraction of sp³-hybridized carbons (Fsp3) is 0.857. The number of amides is 1. The molecular weight excluding hydrogens is 262 g/mol. The summed E-state index contributed by atoms with van der Waals surface area (Å²) in [6, 6.07) is 0. The molecule has 6 heteroatoms. The summed E-state index contributed by atoms with van der Waals surface area (Å²) in [4.78, 5) is 28.6. The van der Waals surface area contributed by atoms with Crippen LogP contribution < -0.4 is 5.48 Å². The van der Waals surface area contributed by atoms with E-state index in [9.17, 15) is 9.59 Å². The van der Waals surface area contributed by atoms with Crippen LogP contribution in [0.4, 0.5) is 0 Å². The van der Waals surface area contributed by atoms with Crippen LogP contribution in [0.2, 0.25) is 0 Å². The van der Waals surface area contributed by atoms with Crippen molar-refractivity contribution in [1.82, 2.24) is 5.48 Å². The number of hydrogen-bond acceptors (Lipinski definition) is 5. The SMILES string of the molecule is COC(=O)[C@@H](CC(=O)NOC1CCCCO1)CC(C)C. The van der Waals surface area contributed by atoms with Gasteiger partial charge in [-0.3, -0.25) is 9.59 Å². The fourth-order valence-electron chi connectivity index (χ4n) is 2.20. The van der Waals surface area contributed by atoms with Gasteiger partial charge in [0.05, 0.1) is 13.0 Å². The number of nitrogens with one attached hydrogen (secondary N) is 1. The van der Waals surface area contributed by atoms with Gasteiger partial charge < -0.3 is 9.47 Å². The Balaban J connectivity index is 2.34. The zero-order valence-electron chi connectivity index (χ0n) is 12.5. The molecule has 1 amide bonds. The molecule has 0 aliphatic carbocycles. The average molecular weight is 287 g/mol. The number of hydrogen-bond donors (Lipinski definition) is 1. The van der Waals surface area contributed by atoms with E-state index in [0.29, 0.717) is 18.9 Å². The number of methoxy groups -OCH3 is 1. The molecule has 1 N–H and O–H groups in total. The third-order valence-corrected chi connectivity index (χ3v) is 3.16. The van der Waals surface area contributed by atoms with Gasteiger partial charge in [-0.2, -0.15) is 0 Å². The quantitative estimate of drug-likeness (QED) is 0.571. The summed E-state index contributed by atoms with van der Waals surface area (Å²) in [5, 5.41) is 0. The molecule has 1 heterocycles. The minimum Gasteiger partial charge on any atom is -0.469 e. The zero-order valence-corrected chi connectivity index (χ0v) is 12.5. The molecule has 1 rings (SSSR count). The molecule has 0 aromatic rings. The van der Waals surface area contributed by atoms with Gasteiger partial charge in [-0.1, -0.05) is 13.8 Å². The van der Waals surface area contributed by atoms with Crippen LogP contribution in [0.15, 0.2) is 0 Å². The van der Waals surface area contributed by atoms with Crippen molar-refractivity contribution in [2.75, 3.05) is 13.7 Å². The molecule has 1 saturated heterocycles. The van der Waals surface area contributed by atoms with Crippen LogP contribution >= 0.6 is 0 Å². The van der Waals surface area contributed by atoms with Crippen molar-refractivity contribution in [2.24, 2.45) is 11.8 Å². The number of hydroxylamine groups is 1. The highest BCUT2D eigenvalue weighted by Gasteiger charge is 2.24. The second-order valence-corrected chi connectivity index (χ2v) is 5.49. The first-order valence-electron chi connectivity index (χ1n) is 7.16. The average Bonchev–Trinajstić information content (AvgIpc) is 2.44. The zero-order chi connectivity index (χ0) is 15.0. The van der Waals surface area contributed by atoms with E-state index in [2.05, 4.69) is 5.48 Å². The van der Waals surface area contributed by atoms with Crippen LogP contribution in [0.25, 0.3) is 0 Å². The molecule has 0 aromatic heterocycles. The van der Waals surface area contributed by atoms with Crippen molar-refractivity contribution in [2.45, 2.75) is 52.2 Å². The Bertz CT molecular complexity index is 313. The predicted molar refractivity (Wildman–Crippen MR) is 72.4 cm³/mol. The summed E-state index contributed by atoms with van der Waals surface area (Å²) in [5.74, 6) is -0.802. The Kier molecular flexibility index (Phi) is 7.54. The molecular formula is C14H25NO5. The molecule has 6 nitrogen and oxygen atoms in total. The molecule has 116 valence electrons. The van der Waals surface area contributed by atoms with Gasteiger partial charge in [0.2, 0.25) is 5.91 Å². The molecule has 0 aromatic carbocycles. The van der Waals surface area contributed by atoms with Crippen molar-refractivity contribution < 1.29 is 23.9 Å². The van der Waals surface area contributed by atoms with Crippen molar-refractivity contribution in [1.29, 1.82) is 0 Å². The number of rotatable bonds is 7. The monoisotopic (exact) mass is 287 g/mol. The number of ether oxygens (including phenoxy) is 2. The molecule has 1 fully saturated rings. The molecule has 1 aliphatic heterocycles. The van der Waals surface area contributed by atoms with E-state index in [1.165, 1.54) is 7.11 Å². The van der Waals surface area contributed by atoms with E-state index in [1.54, 1.807) is 0 Å². The summed E-state index contributed by atoms with van der Waals surface area (Å²) >= 11 is 0. The van der Waals surface area contributed by atoms with Crippen LogP contribution in [0.5, 0.6) is 0 Å². The van der Waals surface area contributed by atoms with Gasteiger partial charge in [0.15, 0.2) is 6.29 Å². The van der Waals surface area contributed by atoms with E-state index < -0.39 is 5.92 Å². The topological polar surface area (TPSA) is 73.9 Å². The third-order valence-electron chi connectivity index (χ3n) is 3.16.